The van der Waals surface area contributed by atoms with Crippen molar-refractivity contribution < 1.29 is 38.2 Å². The van der Waals surface area contributed by atoms with Gasteiger partial charge in [-0.1, -0.05) is 63.2 Å². The number of carbonyl (C=O) groups is 6. The van der Waals surface area contributed by atoms with Crippen LogP contribution < -0.4 is 15.4 Å². The number of aryl methyl sites for hydroxylation is 1. The predicted octanol–water partition coefficient (Wildman–Crippen LogP) is 5.60. The van der Waals surface area contributed by atoms with Crippen molar-refractivity contribution in [3.63, 3.8) is 0 Å². The molecule has 2 aliphatic heterocycles. The number of benzene rings is 3. The topological polar surface area (TPSA) is 155 Å². The van der Waals surface area contributed by atoms with E-state index in [0.29, 0.717) is 16.9 Å². The Morgan fingerprint density at radius 2 is 1.53 bits per heavy atom. The zero-order valence-electron chi connectivity index (χ0n) is 34.7. The molecule has 4 atom stereocenters. The predicted molar refractivity (Wildman–Crippen MR) is 217 cm³/mol. The van der Waals surface area contributed by atoms with Crippen LogP contribution in [-0.2, 0) is 38.5 Å². The molecule has 3 aromatic rings. The molecule has 6 rings (SSSR count). The van der Waals surface area contributed by atoms with Gasteiger partial charge in [-0.15, -0.1) is 0 Å². The largest absolute Gasteiger partial charge is 0.492 e. The number of fused-ring (bicyclic) bond motifs is 3. The molecule has 13 heteroatoms. The molecule has 0 spiro atoms. The SMILES string of the molecule is C[C@@H](C(=O)N[C@H](C(=O)N1Cc2cc(OCCN3C(=O)c4ccccc4C3=O)ccc2C[C@H]1C(=O)N[C@@H]1CCCc2ccccc21)C(C)(C)C)N(C)C(=O)OC(C)(C)C. The molecule has 6 amide bonds. The van der Waals surface area contributed by atoms with Gasteiger partial charge in [0.15, 0.2) is 0 Å². The summed E-state index contributed by atoms with van der Waals surface area (Å²) in [5, 5.41) is 6.17. The highest BCUT2D eigenvalue weighted by Gasteiger charge is 2.44. The summed E-state index contributed by atoms with van der Waals surface area (Å²) in [4.78, 5) is 85.6. The highest BCUT2D eigenvalue weighted by Crippen LogP contribution is 2.33. The molecule has 13 nitrogen and oxygen atoms in total. The lowest BCUT2D eigenvalue weighted by atomic mass is 9.83. The van der Waals surface area contributed by atoms with Gasteiger partial charge in [0.05, 0.1) is 23.7 Å². The van der Waals surface area contributed by atoms with Crippen LogP contribution in [0.2, 0.25) is 0 Å². The zero-order chi connectivity index (χ0) is 42.1. The standard InChI is InChI=1S/C45H55N5O8/c1-27(48(8)43(56)58-45(5,6)7)38(51)47-37(44(2,3)4)42(55)50-26-30-24-31(57-23-22-49-40(53)33-17-11-12-18-34(33)41(49)54)21-20-29(30)25-36(50)39(52)46-35-19-13-15-28-14-9-10-16-32(28)35/h9-12,14,16-18,20-21,24,27,35-37H,13,15,19,22-23,25-26H2,1-8H3,(H,46,52)(H,47,51)/t27-,35+,36-,37+/m0/s1. The summed E-state index contributed by atoms with van der Waals surface area (Å²) < 4.78 is 11.5. The Kier molecular flexibility index (Phi) is 12.0. The Morgan fingerprint density at radius 3 is 2.19 bits per heavy atom. The Bertz CT molecular complexity index is 2070. The molecule has 0 fully saturated rings. The third-order valence-corrected chi connectivity index (χ3v) is 11.1. The molecule has 0 bridgehead atoms. The minimum atomic E-state index is -1.07. The Labute approximate surface area is 340 Å². The van der Waals surface area contributed by atoms with Crippen molar-refractivity contribution in [3.8, 4) is 5.75 Å². The van der Waals surface area contributed by atoms with E-state index in [1.165, 1.54) is 27.3 Å². The van der Waals surface area contributed by atoms with Gasteiger partial charge in [-0.3, -0.25) is 33.8 Å². The van der Waals surface area contributed by atoms with Gasteiger partial charge in [-0.05, 0) is 98.9 Å². The van der Waals surface area contributed by atoms with Crippen LogP contribution in [-0.4, -0.2) is 94.3 Å². The minimum absolute atomic E-state index is 0.0504. The maximum atomic E-state index is 14.9. The summed E-state index contributed by atoms with van der Waals surface area (Å²) in [5.41, 5.74) is 3.06. The average molecular weight is 794 g/mol. The first-order chi connectivity index (χ1) is 27.3. The number of nitrogens with zero attached hydrogens (tertiary/aromatic N) is 3. The maximum absolute atomic E-state index is 14.9. The van der Waals surface area contributed by atoms with Crippen molar-refractivity contribution >= 4 is 35.6 Å². The molecular weight excluding hydrogens is 739 g/mol. The van der Waals surface area contributed by atoms with Crippen LogP contribution in [0.3, 0.4) is 0 Å². The number of hydrogen-bond acceptors (Lipinski definition) is 8. The van der Waals surface area contributed by atoms with E-state index < -0.39 is 47.0 Å². The van der Waals surface area contributed by atoms with Crippen LogP contribution in [0.1, 0.15) is 110 Å². The van der Waals surface area contributed by atoms with E-state index in [1.54, 1.807) is 58.0 Å². The summed E-state index contributed by atoms with van der Waals surface area (Å²) in [6.07, 6.45) is 2.16. The van der Waals surface area contributed by atoms with Gasteiger partial charge in [0, 0.05) is 20.0 Å². The second-order valence-electron chi connectivity index (χ2n) is 17.5. The van der Waals surface area contributed by atoms with E-state index >= 15 is 0 Å². The molecule has 0 aromatic heterocycles. The molecule has 3 aromatic carbocycles. The molecule has 1 aliphatic carbocycles. The van der Waals surface area contributed by atoms with Gasteiger partial charge in [0.25, 0.3) is 11.8 Å². The quantitative estimate of drug-likeness (QED) is 0.252. The van der Waals surface area contributed by atoms with Gasteiger partial charge in [0.2, 0.25) is 17.7 Å². The number of likely N-dealkylation sites (N-methyl/N-ethyl adjacent to an activating group) is 1. The fraction of sp³-hybridized carbons (Fsp3) is 0.467. The molecule has 308 valence electrons. The number of amides is 6. The van der Waals surface area contributed by atoms with Crippen molar-refractivity contribution in [2.24, 2.45) is 5.41 Å². The molecule has 58 heavy (non-hydrogen) atoms. The number of rotatable bonds is 10. The van der Waals surface area contributed by atoms with E-state index in [4.69, 9.17) is 9.47 Å². The molecule has 0 saturated carbocycles. The molecule has 0 saturated heterocycles. The summed E-state index contributed by atoms with van der Waals surface area (Å²) in [5.74, 6) is -1.54. The minimum Gasteiger partial charge on any atom is -0.492 e. The van der Waals surface area contributed by atoms with Crippen molar-refractivity contribution in [3.05, 3.63) is 100 Å². The summed E-state index contributed by atoms with van der Waals surface area (Å²) in [6, 6.07) is 17.1. The van der Waals surface area contributed by atoms with Crippen LogP contribution in [0.15, 0.2) is 66.7 Å². The van der Waals surface area contributed by atoms with Crippen LogP contribution in [0.5, 0.6) is 5.75 Å². The average Bonchev–Trinajstić information content (AvgIpc) is 3.42. The number of ether oxygens (including phenoxy) is 2. The highest BCUT2D eigenvalue weighted by molar-refractivity contribution is 6.21. The lowest BCUT2D eigenvalue weighted by Gasteiger charge is -2.42. The van der Waals surface area contributed by atoms with E-state index in [-0.39, 0.29) is 49.9 Å². The summed E-state index contributed by atoms with van der Waals surface area (Å²) in [6.45, 7) is 12.4. The maximum Gasteiger partial charge on any atom is 0.410 e. The first-order valence-corrected chi connectivity index (χ1v) is 20.0. The monoisotopic (exact) mass is 793 g/mol. The third kappa shape index (κ3) is 9.03. The highest BCUT2D eigenvalue weighted by atomic mass is 16.6. The first-order valence-electron chi connectivity index (χ1n) is 20.0. The van der Waals surface area contributed by atoms with Gasteiger partial charge < -0.3 is 25.0 Å². The second-order valence-corrected chi connectivity index (χ2v) is 17.5. The molecular formula is C45H55N5O8. The van der Waals surface area contributed by atoms with Gasteiger partial charge in [-0.2, -0.15) is 0 Å². The van der Waals surface area contributed by atoms with Crippen LogP contribution in [0.25, 0.3) is 0 Å². The van der Waals surface area contributed by atoms with Gasteiger partial charge in [-0.25, -0.2) is 4.79 Å². The molecule has 0 radical (unpaired) electrons. The van der Waals surface area contributed by atoms with Crippen molar-refractivity contribution in [2.45, 2.75) is 110 Å². The Morgan fingerprint density at radius 1 is 0.879 bits per heavy atom. The Balaban J connectivity index is 1.24. The van der Waals surface area contributed by atoms with E-state index in [2.05, 4.69) is 16.7 Å². The van der Waals surface area contributed by atoms with Crippen LogP contribution >= 0.6 is 0 Å². The number of hydrogen-bond donors (Lipinski definition) is 2. The third-order valence-electron chi connectivity index (χ3n) is 11.1. The lowest BCUT2D eigenvalue weighted by Crippen LogP contribution is -2.62. The number of nitrogens with one attached hydrogen (secondary N) is 2. The van der Waals surface area contributed by atoms with E-state index in [1.807, 2.05) is 51.1 Å². The fourth-order valence-corrected chi connectivity index (χ4v) is 7.73. The summed E-state index contributed by atoms with van der Waals surface area (Å²) >= 11 is 0. The number of imide groups is 1. The Hall–Kier alpha value is -5.72. The molecule has 3 aliphatic rings. The van der Waals surface area contributed by atoms with E-state index in [0.717, 1.165) is 36.0 Å². The smallest absolute Gasteiger partial charge is 0.410 e. The summed E-state index contributed by atoms with van der Waals surface area (Å²) in [7, 11) is 1.47. The number of carbonyl (C=O) groups excluding carboxylic acids is 6. The van der Waals surface area contributed by atoms with Crippen LogP contribution in [0.4, 0.5) is 4.79 Å². The van der Waals surface area contributed by atoms with Gasteiger partial charge in [0.1, 0.15) is 36.1 Å². The molecule has 2 N–H and O–H groups in total. The van der Waals surface area contributed by atoms with Crippen molar-refractivity contribution in [2.75, 3.05) is 20.2 Å². The van der Waals surface area contributed by atoms with Gasteiger partial charge >= 0.3 is 6.09 Å². The van der Waals surface area contributed by atoms with Crippen molar-refractivity contribution in [1.82, 2.24) is 25.3 Å². The fourth-order valence-electron chi connectivity index (χ4n) is 7.73. The first kappa shape index (κ1) is 41.9. The normalized spacial score (nSPS) is 18.6. The van der Waals surface area contributed by atoms with Crippen LogP contribution in [0, 0.1) is 5.41 Å². The molecule has 2 heterocycles. The van der Waals surface area contributed by atoms with E-state index in [9.17, 15) is 28.8 Å². The second kappa shape index (κ2) is 16.6. The zero-order valence-corrected chi connectivity index (χ0v) is 34.7. The van der Waals surface area contributed by atoms with Crippen molar-refractivity contribution in [1.29, 1.82) is 0 Å². The lowest BCUT2D eigenvalue weighted by molar-refractivity contribution is -0.147. The molecule has 0 unspecified atom stereocenters.